The molecule has 0 saturated heterocycles. The van der Waals surface area contributed by atoms with Gasteiger partial charge in [-0.1, -0.05) is 0 Å². The van der Waals surface area contributed by atoms with E-state index < -0.39 is 5.97 Å². The average molecular weight is 241 g/mol. The molecule has 0 bridgehead atoms. The molecule has 6 heteroatoms. The van der Waals surface area contributed by atoms with Gasteiger partial charge in [-0.15, -0.1) is 0 Å². The number of carboxylic acids is 1. The van der Waals surface area contributed by atoms with Gasteiger partial charge in [0.2, 0.25) is 0 Å². The van der Waals surface area contributed by atoms with Crippen LogP contribution in [0.5, 0.6) is 0 Å². The van der Waals surface area contributed by atoms with Gasteiger partial charge >= 0.3 is 5.97 Å². The van der Waals surface area contributed by atoms with Crippen LogP contribution in [0.15, 0.2) is 12.5 Å². The van der Waals surface area contributed by atoms with Crippen LogP contribution in [0.25, 0.3) is 0 Å². The van der Waals surface area contributed by atoms with Gasteiger partial charge in [-0.3, -0.25) is 0 Å². The number of hydrogen-bond donors (Lipinski definition) is 1. The van der Waals surface area contributed by atoms with Gasteiger partial charge in [0.25, 0.3) is 0 Å². The van der Waals surface area contributed by atoms with Crippen LogP contribution in [0.3, 0.4) is 0 Å². The molecule has 0 amide bonds. The number of carboxylic acid groups (broad SMARTS) is 1. The molecular weight excluding hydrogens is 226 g/mol. The molecule has 0 atom stereocenters. The van der Waals surface area contributed by atoms with E-state index in [-0.39, 0.29) is 5.56 Å². The predicted molar refractivity (Wildman–Crippen MR) is 63.7 cm³/mol. The molecule has 0 unspecified atom stereocenters. The zero-order valence-corrected chi connectivity index (χ0v) is 10.2. The Kier molecular flexibility index (Phi) is 5.21. The molecule has 0 aliphatic rings. The molecule has 1 aromatic rings. The first kappa shape index (κ1) is 12.9. The fourth-order valence-electron chi connectivity index (χ4n) is 1.06. The van der Waals surface area contributed by atoms with E-state index >= 15 is 0 Å². The Bertz CT molecular complexity index is 358. The van der Waals surface area contributed by atoms with Crippen molar-refractivity contribution < 1.29 is 9.90 Å². The normalized spacial score (nSPS) is 10.7. The molecule has 0 saturated carbocycles. The standard InChI is InChI=1S/C10H15N3O2S/c1-13(2)3-4-16-6-9-8(10(14)15)5-11-7-12-9/h5,7H,3-4,6H2,1-2H3,(H,14,15). The van der Waals surface area contributed by atoms with Crippen LogP contribution in [0.2, 0.25) is 0 Å². The van der Waals surface area contributed by atoms with Crippen LogP contribution >= 0.6 is 11.8 Å². The molecule has 1 N–H and O–H groups in total. The molecule has 16 heavy (non-hydrogen) atoms. The van der Waals surface area contributed by atoms with E-state index in [0.29, 0.717) is 11.4 Å². The summed E-state index contributed by atoms with van der Waals surface area (Å²) in [6.45, 7) is 0.970. The van der Waals surface area contributed by atoms with Crippen molar-refractivity contribution in [1.29, 1.82) is 0 Å². The second-order valence-corrected chi connectivity index (χ2v) is 4.65. The summed E-state index contributed by atoms with van der Waals surface area (Å²) in [5.74, 6) is 0.595. The average Bonchev–Trinajstić information content (AvgIpc) is 2.24. The lowest BCUT2D eigenvalue weighted by molar-refractivity contribution is 0.0695. The first-order valence-electron chi connectivity index (χ1n) is 4.86. The van der Waals surface area contributed by atoms with Crippen LogP contribution in [0.1, 0.15) is 16.1 Å². The zero-order valence-electron chi connectivity index (χ0n) is 9.38. The third-order valence-electron chi connectivity index (χ3n) is 1.95. The summed E-state index contributed by atoms with van der Waals surface area (Å²) in [6, 6.07) is 0. The number of rotatable bonds is 6. The number of thioether (sulfide) groups is 1. The number of carbonyl (C=O) groups is 1. The highest BCUT2D eigenvalue weighted by Crippen LogP contribution is 2.13. The molecule has 1 heterocycles. The summed E-state index contributed by atoms with van der Waals surface area (Å²) in [7, 11) is 4.02. The van der Waals surface area contributed by atoms with Gasteiger partial charge in [0.15, 0.2) is 0 Å². The minimum atomic E-state index is -0.969. The largest absolute Gasteiger partial charge is 0.478 e. The Morgan fingerprint density at radius 3 is 2.94 bits per heavy atom. The van der Waals surface area contributed by atoms with Crippen LogP contribution in [-0.4, -0.2) is 52.3 Å². The Labute approximate surface area is 98.9 Å². The number of aromatic nitrogens is 2. The highest BCUT2D eigenvalue weighted by molar-refractivity contribution is 7.98. The van der Waals surface area contributed by atoms with Crippen molar-refractivity contribution in [3.05, 3.63) is 23.8 Å². The molecule has 88 valence electrons. The number of hydrogen-bond acceptors (Lipinski definition) is 5. The van der Waals surface area contributed by atoms with E-state index in [9.17, 15) is 4.79 Å². The van der Waals surface area contributed by atoms with Crippen molar-refractivity contribution in [1.82, 2.24) is 14.9 Å². The maximum atomic E-state index is 10.9. The molecule has 0 fully saturated rings. The molecule has 0 aromatic carbocycles. The van der Waals surface area contributed by atoms with Crippen LogP contribution in [0.4, 0.5) is 0 Å². The lowest BCUT2D eigenvalue weighted by atomic mass is 10.2. The molecule has 0 radical (unpaired) electrons. The third kappa shape index (κ3) is 4.16. The van der Waals surface area contributed by atoms with Crippen LogP contribution in [0, 0.1) is 0 Å². The van der Waals surface area contributed by atoms with E-state index in [4.69, 9.17) is 5.11 Å². The number of aromatic carboxylic acids is 1. The summed E-state index contributed by atoms with van der Waals surface area (Å²) in [5, 5.41) is 8.91. The summed E-state index contributed by atoms with van der Waals surface area (Å²) in [6.07, 6.45) is 2.73. The SMILES string of the molecule is CN(C)CCSCc1ncncc1C(=O)O. The summed E-state index contributed by atoms with van der Waals surface area (Å²) in [4.78, 5) is 20.7. The van der Waals surface area contributed by atoms with E-state index in [0.717, 1.165) is 12.3 Å². The van der Waals surface area contributed by atoms with E-state index in [2.05, 4.69) is 14.9 Å². The minimum absolute atomic E-state index is 0.194. The molecule has 0 aliphatic heterocycles. The predicted octanol–water partition coefficient (Wildman–Crippen LogP) is 0.970. The maximum Gasteiger partial charge on any atom is 0.339 e. The van der Waals surface area contributed by atoms with Gasteiger partial charge < -0.3 is 10.0 Å². The Morgan fingerprint density at radius 2 is 2.31 bits per heavy atom. The topological polar surface area (TPSA) is 66.3 Å². The smallest absolute Gasteiger partial charge is 0.339 e. The third-order valence-corrected chi connectivity index (χ3v) is 2.90. The molecule has 1 aromatic heterocycles. The van der Waals surface area contributed by atoms with Gasteiger partial charge in [0.05, 0.1) is 5.69 Å². The second-order valence-electron chi connectivity index (χ2n) is 3.54. The van der Waals surface area contributed by atoms with Gasteiger partial charge in [0.1, 0.15) is 11.9 Å². The number of nitrogens with zero attached hydrogens (tertiary/aromatic N) is 3. The summed E-state index contributed by atoms with van der Waals surface area (Å²) >= 11 is 1.67. The van der Waals surface area contributed by atoms with E-state index in [1.807, 2.05) is 14.1 Å². The fourth-order valence-corrected chi connectivity index (χ4v) is 2.13. The van der Waals surface area contributed by atoms with Crippen molar-refractivity contribution in [2.45, 2.75) is 5.75 Å². The quantitative estimate of drug-likeness (QED) is 0.749. The van der Waals surface area contributed by atoms with Crippen molar-refractivity contribution in [2.75, 3.05) is 26.4 Å². The lowest BCUT2D eigenvalue weighted by Crippen LogP contribution is -2.15. The van der Waals surface area contributed by atoms with E-state index in [1.165, 1.54) is 12.5 Å². The van der Waals surface area contributed by atoms with Crippen LogP contribution in [-0.2, 0) is 5.75 Å². The molecule has 0 spiro atoms. The summed E-state index contributed by atoms with van der Waals surface area (Å²) < 4.78 is 0. The Morgan fingerprint density at radius 1 is 1.56 bits per heavy atom. The van der Waals surface area contributed by atoms with Crippen molar-refractivity contribution in [3.63, 3.8) is 0 Å². The minimum Gasteiger partial charge on any atom is -0.478 e. The second kappa shape index (κ2) is 6.44. The Balaban J connectivity index is 2.50. The van der Waals surface area contributed by atoms with Crippen molar-refractivity contribution in [2.24, 2.45) is 0 Å². The summed E-state index contributed by atoms with van der Waals surface area (Å²) in [5.41, 5.74) is 0.783. The first-order valence-corrected chi connectivity index (χ1v) is 6.01. The first-order chi connectivity index (χ1) is 7.61. The maximum absolute atomic E-state index is 10.9. The van der Waals surface area contributed by atoms with E-state index in [1.54, 1.807) is 11.8 Å². The van der Waals surface area contributed by atoms with Crippen LogP contribution < -0.4 is 0 Å². The fraction of sp³-hybridized carbons (Fsp3) is 0.500. The monoisotopic (exact) mass is 241 g/mol. The van der Waals surface area contributed by atoms with Gasteiger partial charge in [-0.05, 0) is 14.1 Å². The Hall–Kier alpha value is -1.14. The van der Waals surface area contributed by atoms with Gasteiger partial charge in [-0.2, -0.15) is 11.8 Å². The highest BCUT2D eigenvalue weighted by atomic mass is 32.2. The van der Waals surface area contributed by atoms with Crippen molar-refractivity contribution in [3.8, 4) is 0 Å². The highest BCUT2D eigenvalue weighted by Gasteiger charge is 2.10. The molecular formula is C10H15N3O2S. The van der Waals surface area contributed by atoms with Gasteiger partial charge in [0, 0.05) is 24.2 Å². The lowest BCUT2D eigenvalue weighted by Gasteiger charge is -2.08. The molecule has 1 rings (SSSR count). The molecule has 5 nitrogen and oxygen atoms in total. The zero-order chi connectivity index (χ0) is 12.0. The molecule has 0 aliphatic carbocycles. The van der Waals surface area contributed by atoms with Gasteiger partial charge in [-0.25, -0.2) is 14.8 Å². The van der Waals surface area contributed by atoms with Crippen molar-refractivity contribution >= 4 is 17.7 Å².